The summed E-state index contributed by atoms with van der Waals surface area (Å²) in [5.41, 5.74) is 5.71. The molecule has 3 aliphatic rings. The molecule has 15 heteroatoms. The van der Waals surface area contributed by atoms with Gasteiger partial charge in [0.2, 0.25) is 17.7 Å². The number of aryl methyl sites for hydroxylation is 2. The van der Waals surface area contributed by atoms with E-state index in [0.717, 1.165) is 49.7 Å². The third kappa shape index (κ3) is 8.65. The highest BCUT2D eigenvalue weighted by Crippen LogP contribution is 2.33. The summed E-state index contributed by atoms with van der Waals surface area (Å²) >= 11 is 0. The van der Waals surface area contributed by atoms with Crippen LogP contribution in [0.3, 0.4) is 0 Å². The summed E-state index contributed by atoms with van der Waals surface area (Å²) in [6.07, 6.45) is 8.44. The molecule has 1 unspecified atom stereocenters. The van der Waals surface area contributed by atoms with Crippen molar-refractivity contribution in [3.8, 4) is 11.5 Å². The second-order valence-corrected chi connectivity index (χ2v) is 14.7. The van der Waals surface area contributed by atoms with Crippen molar-refractivity contribution in [2.75, 3.05) is 36.5 Å². The SMILES string of the molecule is Cc1ccc(Oc2ccc(Nc3ncnc4ccc(/C=C/CNC(=O)COC5CCN(c6ccc7c(c6)C(=O)N(C6CCC(=O)NC6=O)C7=O)CC5)cc34)cc2C)cn1. The van der Waals surface area contributed by atoms with Gasteiger partial charge in [-0.3, -0.25) is 39.2 Å². The van der Waals surface area contributed by atoms with Gasteiger partial charge in [0.05, 0.1) is 28.9 Å². The molecular weight excluding hydrogens is 753 g/mol. The number of hydrogen-bond acceptors (Lipinski definition) is 12. The van der Waals surface area contributed by atoms with Crippen LogP contribution in [-0.4, -0.2) is 87.8 Å². The number of pyridine rings is 1. The standard InChI is InChI=1S/C44H42N8O7/c1-26-20-29(7-13-38(26)59-32-9-5-27(2)46-23-32)49-41-35-21-28(6-11-36(35)47-25-48-41)4-3-17-45-40(54)24-58-31-15-18-51(19-16-31)30-8-10-33-34(22-30)44(57)52(43(33)56)37-12-14-39(53)50-42(37)55/h3-11,13,20-23,25,31,37H,12,14-19,24H2,1-2H3,(H,45,54)(H,47,48,49)(H,50,53,55)/b4-3+. The number of anilines is 3. The van der Waals surface area contributed by atoms with Crippen molar-refractivity contribution in [3.63, 3.8) is 0 Å². The molecule has 5 amide bonds. The first-order valence-corrected chi connectivity index (χ1v) is 19.5. The topological polar surface area (TPSA) is 185 Å². The van der Waals surface area contributed by atoms with E-state index in [4.69, 9.17) is 9.47 Å². The van der Waals surface area contributed by atoms with E-state index in [-0.39, 0.29) is 42.6 Å². The zero-order chi connectivity index (χ0) is 41.0. The average molecular weight is 795 g/mol. The van der Waals surface area contributed by atoms with Crippen molar-refractivity contribution < 1.29 is 33.4 Å². The van der Waals surface area contributed by atoms with Gasteiger partial charge in [0.1, 0.15) is 36.3 Å². The van der Waals surface area contributed by atoms with Gasteiger partial charge < -0.3 is 25.0 Å². The van der Waals surface area contributed by atoms with E-state index in [1.165, 1.54) is 6.33 Å². The summed E-state index contributed by atoms with van der Waals surface area (Å²) in [5.74, 6) is -0.276. The maximum absolute atomic E-state index is 13.3. The van der Waals surface area contributed by atoms with Crippen LogP contribution < -0.4 is 25.6 Å². The van der Waals surface area contributed by atoms with Crippen LogP contribution in [-0.2, 0) is 19.1 Å². The summed E-state index contributed by atoms with van der Waals surface area (Å²) in [4.78, 5) is 79.3. The maximum atomic E-state index is 13.3. The van der Waals surface area contributed by atoms with Crippen LogP contribution in [0.15, 0.2) is 85.3 Å². The van der Waals surface area contributed by atoms with Crippen molar-refractivity contribution in [3.05, 3.63) is 113 Å². The molecule has 2 fully saturated rings. The second kappa shape index (κ2) is 16.8. The summed E-state index contributed by atoms with van der Waals surface area (Å²) in [7, 11) is 0. The van der Waals surface area contributed by atoms with Gasteiger partial charge in [-0.15, -0.1) is 0 Å². The summed E-state index contributed by atoms with van der Waals surface area (Å²) < 4.78 is 12.0. The van der Waals surface area contributed by atoms with Crippen LogP contribution in [0.2, 0.25) is 0 Å². The quantitative estimate of drug-likeness (QED) is 0.137. The summed E-state index contributed by atoms with van der Waals surface area (Å²) in [5, 5.41) is 9.36. The van der Waals surface area contributed by atoms with Gasteiger partial charge >= 0.3 is 0 Å². The highest BCUT2D eigenvalue weighted by Gasteiger charge is 2.44. The summed E-state index contributed by atoms with van der Waals surface area (Å²) in [6, 6.07) is 19.6. The molecule has 15 nitrogen and oxygen atoms in total. The van der Waals surface area contributed by atoms with E-state index in [1.807, 2.05) is 74.5 Å². The van der Waals surface area contributed by atoms with Gasteiger partial charge in [0.25, 0.3) is 11.8 Å². The van der Waals surface area contributed by atoms with Gasteiger partial charge in [0.15, 0.2) is 0 Å². The largest absolute Gasteiger partial charge is 0.455 e. The number of fused-ring (bicyclic) bond motifs is 2. The molecule has 5 heterocycles. The van der Waals surface area contributed by atoms with Gasteiger partial charge in [-0.1, -0.05) is 18.2 Å². The number of benzene rings is 3. The number of ether oxygens (including phenoxy) is 2. The predicted octanol–water partition coefficient (Wildman–Crippen LogP) is 5.39. The van der Waals surface area contributed by atoms with Crippen molar-refractivity contribution >= 4 is 63.7 Å². The zero-order valence-electron chi connectivity index (χ0n) is 32.6. The molecule has 0 aliphatic carbocycles. The van der Waals surface area contributed by atoms with Crippen molar-refractivity contribution in [2.45, 2.75) is 51.7 Å². The van der Waals surface area contributed by atoms with Gasteiger partial charge in [-0.2, -0.15) is 0 Å². The number of imide groups is 2. The van der Waals surface area contributed by atoms with E-state index in [1.54, 1.807) is 24.4 Å². The third-order valence-electron chi connectivity index (χ3n) is 10.6. The number of amides is 5. The van der Waals surface area contributed by atoms with E-state index in [0.29, 0.717) is 44.0 Å². The van der Waals surface area contributed by atoms with E-state index in [9.17, 15) is 24.0 Å². The minimum absolute atomic E-state index is 0.0660. The molecular formula is C44H42N8O7. The van der Waals surface area contributed by atoms with Crippen LogP contribution in [0, 0.1) is 13.8 Å². The summed E-state index contributed by atoms with van der Waals surface area (Å²) in [6.45, 7) is 5.43. The fourth-order valence-electron chi connectivity index (χ4n) is 7.45. The molecule has 0 radical (unpaired) electrons. The first-order valence-electron chi connectivity index (χ1n) is 19.5. The zero-order valence-corrected chi connectivity index (χ0v) is 32.6. The molecule has 0 spiro atoms. The maximum Gasteiger partial charge on any atom is 0.262 e. The molecule has 3 aliphatic heterocycles. The molecule has 5 aromatic rings. The highest BCUT2D eigenvalue weighted by molar-refractivity contribution is 6.23. The Morgan fingerprint density at radius 3 is 2.51 bits per heavy atom. The van der Waals surface area contributed by atoms with Crippen LogP contribution in [0.1, 0.15) is 63.2 Å². The normalized spacial score (nSPS) is 17.1. The Morgan fingerprint density at radius 1 is 0.898 bits per heavy atom. The van der Waals surface area contributed by atoms with Gasteiger partial charge in [0, 0.05) is 48.5 Å². The van der Waals surface area contributed by atoms with Crippen molar-refractivity contribution in [2.24, 2.45) is 0 Å². The smallest absolute Gasteiger partial charge is 0.262 e. The average Bonchev–Trinajstić information content (AvgIpc) is 3.48. The molecule has 2 aromatic heterocycles. The second-order valence-electron chi connectivity index (χ2n) is 14.7. The van der Waals surface area contributed by atoms with Crippen LogP contribution in [0.4, 0.5) is 17.2 Å². The van der Waals surface area contributed by atoms with E-state index < -0.39 is 29.7 Å². The van der Waals surface area contributed by atoms with Crippen LogP contribution in [0.5, 0.6) is 11.5 Å². The molecule has 3 aromatic carbocycles. The lowest BCUT2D eigenvalue weighted by atomic mass is 10.0. The Morgan fingerprint density at radius 2 is 1.73 bits per heavy atom. The molecule has 0 bridgehead atoms. The lowest BCUT2D eigenvalue weighted by molar-refractivity contribution is -0.136. The number of carbonyl (C=O) groups is 5. The Kier molecular flexibility index (Phi) is 11.1. The Balaban J connectivity index is 0.794. The van der Waals surface area contributed by atoms with Crippen LogP contribution >= 0.6 is 0 Å². The number of carbonyl (C=O) groups excluding carboxylic acids is 5. The molecule has 8 rings (SSSR count). The fraction of sp³-hybridized carbons (Fsp3) is 0.273. The van der Waals surface area contributed by atoms with E-state index >= 15 is 0 Å². The monoisotopic (exact) mass is 794 g/mol. The number of hydrogen-bond donors (Lipinski definition) is 3. The van der Waals surface area contributed by atoms with Crippen molar-refractivity contribution in [1.82, 2.24) is 30.5 Å². The number of rotatable bonds is 12. The Bertz CT molecular complexity index is 2500. The molecule has 3 N–H and O–H groups in total. The fourth-order valence-corrected chi connectivity index (χ4v) is 7.45. The minimum Gasteiger partial charge on any atom is -0.455 e. The highest BCUT2D eigenvalue weighted by atomic mass is 16.5. The predicted molar refractivity (Wildman–Crippen MR) is 219 cm³/mol. The lowest BCUT2D eigenvalue weighted by Gasteiger charge is -2.33. The number of nitrogens with zero attached hydrogens (tertiary/aromatic N) is 5. The molecule has 300 valence electrons. The Hall–Kier alpha value is -7.00. The first-order chi connectivity index (χ1) is 28.6. The van der Waals surface area contributed by atoms with Gasteiger partial charge in [-0.05, 0) is 105 Å². The number of nitrogens with one attached hydrogen (secondary N) is 3. The first kappa shape index (κ1) is 38.9. The lowest BCUT2D eigenvalue weighted by Crippen LogP contribution is -2.54. The Labute approximate surface area is 339 Å². The van der Waals surface area contributed by atoms with E-state index in [2.05, 4.69) is 35.8 Å². The third-order valence-corrected chi connectivity index (χ3v) is 10.6. The molecule has 1 atom stereocenters. The van der Waals surface area contributed by atoms with Crippen molar-refractivity contribution in [1.29, 1.82) is 0 Å². The minimum atomic E-state index is -1.01. The van der Waals surface area contributed by atoms with Gasteiger partial charge in [-0.25, -0.2) is 9.97 Å². The molecule has 59 heavy (non-hydrogen) atoms. The number of aromatic nitrogens is 3. The molecule has 2 saturated heterocycles. The van der Waals surface area contributed by atoms with Crippen LogP contribution in [0.25, 0.3) is 17.0 Å². The number of piperidine rings is 2. The molecule has 0 saturated carbocycles.